The molecule has 0 aromatic carbocycles. The normalized spacial score (nSPS) is 29.5. The molecule has 0 heterocycles. The van der Waals surface area contributed by atoms with E-state index in [0.717, 1.165) is 12.3 Å². The Labute approximate surface area is 108 Å². The monoisotopic (exact) mass is 240 g/mol. The molecular weight excluding hydrogens is 208 g/mol. The van der Waals surface area contributed by atoms with Crippen molar-refractivity contribution in [3.63, 3.8) is 0 Å². The van der Waals surface area contributed by atoms with Crippen LogP contribution in [0.1, 0.15) is 84.5 Å². The molecule has 0 saturated heterocycles. The highest BCUT2D eigenvalue weighted by atomic mass is 16.3. The molecule has 1 N–H and O–H groups in total. The van der Waals surface area contributed by atoms with Gasteiger partial charge in [-0.2, -0.15) is 0 Å². The Kier molecular flexibility index (Phi) is 7.92. The van der Waals surface area contributed by atoms with Crippen LogP contribution >= 0.6 is 0 Å². The van der Waals surface area contributed by atoms with Crippen LogP contribution in [-0.4, -0.2) is 11.2 Å². The van der Waals surface area contributed by atoms with Crippen LogP contribution in [0.5, 0.6) is 0 Å². The smallest absolute Gasteiger partial charge is 0.0571 e. The number of hydrogen-bond donors (Lipinski definition) is 1. The number of hydrogen-bond acceptors (Lipinski definition) is 1. The molecule has 1 aliphatic rings. The van der Waals surface area contributed by atoms with Gasteiger partial charge in [0.05, 0.1) is 6.10 Å². The standard InChI is InChI=1S/C16H32O/c1-3-5-7-10-14-11-9-13-16(17)15(14)12-8-6-4-2/h14-17H,3-13H2,1-2H3. The molecule has 0 spiro atoms. The van der Waals surface area contributed by atoms with Crippen LogP contribution in [0.25, 0.3) is 0 Å². The van der Waals surface area contributed by atoms with Crippen molar-refractivity contribution in [2.75, 3.05) is 0 Å². The molecule has 1 rings (SSSR count). The van der Waals surface area contributed by atoms with Crippen molar-refractivity contribution in [1.29, 1.82) is 0 Å². The van der Waals surface area contributed by atoms with Gasteiger partial charge in [0.15, 0.2) is 0 Å². The van der Waals surface area contributed by atoms with Crippen molar-refractivity contribution in [3.05, 3.63) is 0 Å². The molecule has 1 heteroatoms. The molecule has 17 heavy (non-hydrogen) atoms. The molecule has 3 unspecified atom stereocenters. The third-order valence-corrected chi connectivity index (χ3v) is 4.49. The van der Waals surface area contributed by atoms with Crippen molar-refractivity contribution < 1.29 is 5.11 Å². The molecule has 1 fully saturated rings. The highest BCUT2D eigenvalue weighted by molar-refractivity contribution is 4.81. The second kappa shape index (κ2) is 8.97. The molecule has 0 aromatic heterocycles. The third-order valence-electron chi connectivity index (χ3n) is 4.49. The molecule has 0 radical (unpaired) electrons. The second-order valence-corrected chi connectivity index (χ2v) is 5.91. The summed E-state index contributed by atoms with van der Waals surface area (Å²) in [5.74, 6) is 1.44. The van der Waals surface area contributed by atoms with Crippen LogP contribution in [0.15, 0.2) is 0 Å². The first-order valence-electron chi connectivity index (χ1n) is 7.97. The summed E-state index contributed by atoms with van der Waals surface area (Å²) in [6, 6.07) is 0. The van der Waals surface area contributed by atoms with Gasteiger partial charge in [-0.3, -0.25) is 0 Å². The number of rotatable bonds is 8. The molecular formula is C16H32O. The SMILES string of the molecule is CCCCCC1CCCC(O)C1CCCCC. The van der Waals surface area contributed by atoms with Crippen molar-refractivity contribution >= 4 is 0 Å². The summed E-state index contributed by atoms with van der Waals surface area (Å²) >= 11 is 0. The fraction of sp³-hybridized carbons (Fsp3) is 1.00. The first kappa shape index (κ1) is 15.0. The lowest BCUT2D eigenvalue weighted by Gasteiger charge is -2.36. The summed E-state index contributed by atoms with van der Waals surface area (Å²) in [6.45, 7) is 4.53. The van der Waals surface area contributed by atoms with E-state index in [2.05, 4.69) is 13.8 Å². The van der Waals surface area contributed by atoms with E-state index in [1.807, 2.05) is 0 Å². The Morgan fingerprint density at radius 2 is 1.53 bits per heavy atom. The zero-order chi connectivity index (χ0) is 12.5. The summed E-state index contributed by atoms with van der Waals surface area (Å²) in [4.78, 5) is 0. The number of unbranched alkanes of at least 4 members (excludes halogenated alkanes) is 4. The largest absolute Gasteiger partial charge is 0.393 e. The molecule has 0 aliphatic heterocycles. The predicted octanol–water partition coefficient (Wildman–Crippen LogP) is 4.92. The highest BCUT2D eigenvalue weighted by Crippen LogP contribution is 2.37. The lowest BCUT2D eigenvalue weighted by Crippen LogP contribution is -2.32. The molecule has 1 aliphatic carbocycles. The van der Waals surface area contributed by atoms with Gasteiger partial charge in [-0.1, -0.05) is 65.2 Å². The minimum Gasteiger partial charge on any atom is -0.393 e. The zero-order valence-corrected chi connectivity index (χ0v) is 12.0. The lowest BCUT2D eigenvalue weighted by molar-refractivity contribution is 0.0226. The van der Waals surface area contributed by atoms with Crippen LogP contribution in [0, 0.1) is 11.8 Å². The van der Waals surface area contributed by atoms with E-state index >= 15 is 0 Å². The molecule has 1 nitrogen and oxygen atoms in total. The quantitative estimate of drug-likeness (QED) is 0.597. The van der Waals surface area contributed by atoms with Gasteiger partial charge in [0.2, 0.25) is 0 Å². The Balaban J connectivity index is 2.34. The molecule has 0 aromatic rings. The summed E-state index contributed by atoms with van der Waals surface area (Å²) in [7, 11) is 0. The molecule has 1 saturated carbocycles. The Morgan fingerprint density at radius 1 is 0.882 bits per heavy atom. The first-order chi connectivity index (χ1) is 8.29. The second-order valence-electron chi connectivity index (χ2n) is 5.91. The summed E-state index contributed by atoms with van der Waals surface area (Å²) in [5.41, 5.74) is 0. The van der Waals surface area contributed by atoms with E-state index in [-0.39, 0.29) is 6.10 Å². The topological polar surface area (TPSA) is 20.2 Å². The van der Waals surface area contributed by atoms with E-state index < -0.39 is 0 Å². The van der Waals surface area contributed by atoms with Crippen molar-refractivity contribution in [3.8, 4) is 0 Å². The maximum atomic E-state index is 10.2. The van der Waals surface area contributed by atoms with Gasteiger partial charge in [0.25, 0.3) is 0 Å². The molecule has 3 atom stereocenters. The molecule has 0 bridgehead atoms. The van der Waals surface area contributed by atoms with Crippen LogP contribution in [0.2, 0.25) is 0 Å². The molecule has 102 valence electrons. The van der Waals surface area contributed by atoms with Crippen LogP contribution in [0.3, 0.4) is 0 Å². The van der Waals surface area contributed by atoms with E-state index in [1.54, 1.807) is 0 Å². The number of aliphatic hydroxyl groups excluding tert-OH is 1. The summed E-state index contributed by atoms with van der Waals surface area (Å²) < 4.78 is 0. The van der Waals surface area contributed by atoms with Gasteiger partial charge in [-0.25, -0.2) is 0 Å². The third kappa shape index (κ3) is 5.42. The van der Waals surface area contributed by atoms with Crippen molar-refractivity contribution in [2.45, 2.75) is 90.6 Å². The fourth-order valence-electron chi connectivity index (χ4n) is 3.40. The number of aliphatic hydroxyl groups is 1. The Hall–Kier alpha value is -0.0400. The van der Waals surface area contributed by atoms with Gasteiger partial charge in [-0.15, -0.1) is 0 Å². The minimum absolute atomic E-state index is 0.00670. The minimum atomic E-state index is 0.00670. The Bertz CT molecular complexity index is 178. The van der Waals surface area contributed by atoms with E-state index in [4.69, 9.17) is 0 Å². The lowest BCUT2D eigenvalue weighted by atomic mass is 9.72. The summed E-state index contributed by atoms with van der Waals surface area (Å²) in [5, 5.41) is 10.2. The van der Waals surface area contributed by atoms with Gasteiger partial charge in [-0.05, 0) is 31.1 Å². The van der Waals surface area contributed by atoms with Crippen molar-refractivity contribution in [2.24, 2.45) is 11.8 Å². The van der Waals surface area contributed by atoms with Gasteiger partial charge >= 0.3 is 0 Å². The van der Waals surface area contributed by atoms with E-state index in [0.29, 0.717) is 5.92 Å². The van der Waals surface area contributed by atoms with Gasteiger partial charge in [0, 0.05) is 0 Å². The van der Waals surface area contributed by atoms with E-state index in [9.17, 15) is 5.11 Å². The first-order valence-corrected chi connectivity index (χ1v) is 7.97. The average Bonchev–Trinajstić information content (AvgIpc) is 2.33. The Morgan fingerprint density at radius 3 is 2.18 bits per heavy atom. The summed E-state index contributed by atoms with van der Waals surface area (Å²) in [6.07, 6.45) is 14.3. The van der Waals surface area contributed by atoms with Gasteiger partial charge < -0.3 is 5.11 Å². The van der Waals surface area contributed by atoms with Crippen LogP contribution < -0.4 is 0 Å². The maximum Gasteiger partial charge on any atom is 0.0571 e. The molecule has 0 amide bonds. The van der Waals surface area contributed by atoms with Crippen molar-refractivity contribution in [1.82, 2.24) is 0 Å². The van der Waals surface area contributed by atoms with Crippen LogP contribution in [-0.2, 0) is 0 Å². The fourth-order valence-corrected chi connectivity index (χ4v) is 3.40. The highest BCUT2D eigenvalue weighted by Gasteiger charge is 2.30. The average molecular weight is 240 g/mol. The van der Waals surface area contributed by atoms with Crippen LogP contribution in [0.4, 0.5) is 0 Å². The zero-order valence-electron chi connectivity index (χ0n) is 12.0. The van der Waals surface area contributed by atoms with Gasteiger partial charge in [0.1, 0.15) is 0 Å². The maximum absolute atomic E-state index is 10.2. The van der Waals surface area contributed by atoms with E-state index in [1.165, 1.54) is 64.2 Å². The predicted molar refractivity (Wildman–Crippen MR) is 75.1 cm³/mol.